The molecular weight excluding hydrogens is 229 g/mol. The maximum absolute atomic E-state index is 12.8. The summed E-state index contributed by atoms with van der Waals surface area (Å²) in [6, 6.07) is 6.79. The Morgan fingerprint density at radius 2 is 1.94 bits per heavy atom. The monoisotopic (exact) mass is 253 g/mol. The minimum Gasteiger partial charge on any atom is -0.381 e. The van der Waals surface area contributed by atoms with Crippen molar-refractivity contribution in [1.82, 2.24) is 5.32 Å². The van der Waals surface area contributed by atoms with E-state index in [1.807, 2.05) is 19.2 Å². The number of rotatable bonds is 9. The van der Waals surface area contributed by atoms with Gasteiger partial charge in [0.15, 0.2) is 0 Å². The molecule has 1 aromatic carbocycles. The van der Waals surface area contributed by atoms with Crippen LogP contribution in [0, 0.1) is 11.7 Å². The zero-order valence-corrected chi connectivity index (χ0v) is 11.4. The normalized spacial score (nSPS) is 12.6. The van der Waals surface area contributed by atoms with Crippen LogP contribution in [0.25, 0.3) is 0 Å². The van der Waals surface area contributed by atoms with E-state index >= 15 is 0 Å². The van der Waals surface area contributed by atoms with Crippen molar-refractivity contribution in [2.24, 2.45) is 5.92 Å². The lowest BCUT2D eigenvalue weighted by Crippen LogP contribution is -2.22. The summed E-state index contributed by atoms with van der Waals surface area (Å²) >= 11 is 0. The van der Waals surface area contributed by atoms with Crippen LogP contribution in [0.3, 0.4) is 0 Å². The van der Waals surface area contributed by atoms with E-state index in [0.717, 1.165) is 39.0 Å². The summed E-state index contributed by atoms with van der Waals surface area (Å²) in [5, 5.41) is 3.21. The molecule has 0 bridgehead atoms. The van der Waals surface area contributed by atoms with Gasteiger partial charge in [0.1, 0.15) is 5.82 Å². The number of benzene rings is 1. The van der Waals surface area contributed by atoms with Gasteiger partial charge in [0.05, 0.1) is 0 Å². The first-order chi connectivity index (χ1) is 8.76. The largest absolute Gasteiger partial charge is 0.381 e. The topological polar surface area (TPSA) is 21.3 Å². The molecule has 1 rings (SSSR count). The van der Waals surface area contributed by atoms with Gasteiger partial charge in [-0.1, -0.05) is 19.1 Å². The Bertz CT molecular complexity index is 313. The van der Waals surface area contributed by atoms with Gasteiger partial charge in [-0.25, -0.2) is 4.39 Å². The van der Waals surface area contributed by atoms with Gasteiger partial charge in [-0.3, -0.25) is 0 Å². The van der Waals surface area contributed by atoms with Crippen LogP contribution in [-0.2, 0) is 11.2 Å². The molecule has 18 heavy (non-hydrogen) atoms. The molecule has 1 unspecified atom stereocenters. The van der Waals surface area contributed by atoms with Crippen molar-refractivity contribution in [2.75, 3.05) is 26.8 Å². The summed E-state index contributed by atoms with van der Waals surface area (Å²) < 4.78 is 18.4. The van der Waals surface area contributed by atoms with Crippen molar-refractivity contribution in [3.63, 3.8) is 0 Å². The van der Waals surface area contributed by atoms with Crippen molar-refractivity contribution in [2.45, 2.75) is 26.2 Å². The van der Waals surface area contributed by atoms with E-state index < -0.39 is 0 Å². The lowest BCUT2D eigenvalue weighted by molar-refractivity contribution is 0.120. The molecule has 1 N–H and O–H groups in total. The molecule has 0 amide bonds. The van der Waals surface area contributed by atoms with Crippen LogP contribution in [0.1, 0.15) is 25.3 Å². The first kappa shape index (κ1) is 15.1. The molecule has 1 atom stereocenters. The highest BCUT2D eigenvalue weighted by molar-refractivity contribution is 5.16. The van der Waals surface area contributed by atoms with Crippen LogP contribution in [0.4, 0.5) is 4.39 Å². The SMILES string of the molecule is CCCOCCC(CNC)Cc1ccc(F)cc1. The van der Waals surface area contributed by atoms with Gasteiger partial charge in [0.2, 0.25) is 0 Å². The van der Waals surface area contributed by atoms with E-state index in [9.17, 15) is 4.39 Å². The predicted molar refractivity (Wildman–Crippen MR) is 73.2 cm³/mol. The fourth-order valence-electron chi connectivity index (χ4n) is 2.02. The summed E-state index contributed by atoms with van der Waals surface area (Å²) in [4.78, 5) is 0. The zero-order chi connectivity index (χ0) is 13.2. The molecule has 0 saturated heterocycles. The Morgan fingerprint density at radius 1 is 1.22 bits per heavy atom. The smallest absolute Gasteiger partial charge is 0.123 e. The third-order valence-corrected chi connectivity index (χ3v) is 2.95. The standard InChI is InChI=1S/C15H24FNO/c1-3-9-18-10-8-14(12-17-2)11-13-4-6-15(16)7-5-13/h4-7,14,17H,3,8-12H2,1-2H3. The summed E-state index contributed by atoms with van der Waals surface area (Å²) in [6.07, 6.45) is 3.07. The van der Waals surface area contributed by atoms with E-state index in [4.69, 9.17) is 4.74 Å². The highest BCUT2D eigenvalue weighted by Crippen LogP contribution is 2.13. The number of hydrogen-bond acceptors (Lipinski definition) is 2. The minimum atomic E-state index is -0.171. The van der Waals surface area contributed by atoms with E-state index in [-0.39, 0.29) is 5.82 Å². The Morgan fingerprint density at radius 3 is 2.56 bits per heavy atom. The number of halogens is 1. The maximum atomic E-state index is 12.8. The Balaban J connectivity index is 2.38. The van der Waals surface area contributed by atoms with E-state index in [1.165, 1.54) is 17.7 Å². The second-order valence-electron chi connectivity index (χ2n) is 4.66. The van der Waals surface area contributed by atoms with Gasteiger partial charge in [-0.15, -0.1) is 0 Å². The van der Waals surface area contributed by atoms with Crippen molar-refractivity contribution >= 4 is 0 Å². The number of ether oxygens (including phenoxy) is 1. The van der Waals surface area contributed by atoms with E-state index in [1.54, 1.807) is 0 Å². The van der Waals surface area contributed by atoms with Gasteiger partial charge < -0.3 is 10.1 Å². The molecule has 1 aromatic rings. The van der Waals surface area contributed by atoms with Gasteiger partial charge in [-0.05, 0) is 56.5 Å². The van der Waals surface area contributed by atoms with Crippen molar-refractivity contribution in [3.05, 3.63) is 35.6 Å². The molecule has 102 valence electrons. The predicted octanol–water partition coefficient (Wildman–Crippen LogP) is 3.02. The van der Waals surface area contributed by atoms with Crippen LogP contribution in [-0.4, -0.2) is 26.8 Å². The molecule has 0 fully saturated rings. The highest BCUT2D eigenvalue weighted by Gasteiger charge is 2.09. The van der Waals surface area contributed by atoms with Crippen LogP contribution in [0.2, 0.25) is 0 Å². The lowest BCUT2D eigenvalue weighted by Gasteiger charge is -2.16. The third-order valence-electron chi connectivity index (χ3n) is 2.95. The highest BCUT2D eigenvalue weighted by atomic mass is 19.1. The Labute approximate surface area is 110 Å². The molecule has 0 heterocycles. The van der Waals surface area contributed by atoms with Gasteiger partial charge in [0.25, 0.3) is 0 Å². The quantitative estimate of drug-likeness (QED) is 0.683. The van der Waals surface area contributed by atoms with Crippen molar-refractivity contribution in [3.8, 4) is 0 Å². The van der Waals surface area contributed by atoms with Crippen LogP contribution in [0.5, 0.6) is 0 Å². The molecule has 0 saturated carbocycles. The molecule has 0 radical (unpaired) electrons. The number of nitrogens with one attached hydrogen (secondary N) is 1. The van der Waals surface area contributed by atoms with E-state index in [0.29, 0.717) is 5.92 Å². The van der Waals surface area contributed by atoms with Gasteiger partial charge >= 0.3 is 0 Å². The zero-order valence-electron chi connectivity index (χ0n) is 11.4. The molecule has 0 spiro atoms. The first-order valence-electron chi connectivity index (χ1n) is 6.73. The second-order valence-corrected chi connectivity index (χ2v) is 4.66. The fourth-order valence-corrected chi connectivity index (χ4v) is 2.02. The molecule has 0 aliphatic carbocycles. The summed E-state index contributed by atoms with van der Waals surface area (Å²) in [5.74, 6) is 0.368. The second kappa shape index (κ2) is 9.06. The first-order valence-corrected chi connectivity index (χ1v) is 6.73. The van der Waals surface area contributed by atoms with Crippen LogP contribution >= 0.6 is 0 Å². The van der Waals surface area contributed by atoms with E-state index in [2.05, 4.69) is 12.2 Å². The molecule has 0 aliphatic heterocycles. The van der Waals surface area contributed by atoms with Gasteiger partial charge in [0, 0.05) is 13.2 Å². The molecule has 0 aromatic heterocycles. The van der Waals surface area contributed by atoms with Crippen molar-refractivity contribution < 1.29 is 9.13 Å². The van der Waals surface area contributed by atoms with Crippen LogP contribution < -0.4 is 5.32 Å². The Kier molecular flexibility index (Phi) is 7.62. The average molecular weight is 253 g/mol. The molecule has 2 nitrogen and oxygen atoms in total. The van der Waals surface area contributed by atoms with Crippen molar-refractivity contribution in [1.29, 1.82) is 0 Å². The third kappa shape index (κ3) is 6.12. The number of hydrogen-bond donors (Lipinski definition) is 1. The summed E-state index contributed by atoms with van der Waals surface area (Å²) in [7, 11) is 1.96. The summed E-state index contributed by atoms with van der Waals surface area (Å²) in [6.45, 7) is 4.72. The van der Waals surface area contributed by atoms with Crippen LogP contribution in [0.15, 0.2) is 24.3 Å². The maximum Gasteiger partial charge on any atom is 0.123 e. The molecule has 0 aliphatic rings. The average Bonchev–Trinajstić information content (AvgIpc) is 2.37. The lowest BCUT2D eigenvalue weighted by atomic mass is 9.96. The minimum absolute atomic E-state index is 0.171. The molecule has 3 heteroatoms. The Hall–Kier alpha value is -0.930. The fraction of sp³-hybridized carbons (Fsp3) is 0.600. The molecular formula is C15H24FNO. The summed E-state index contributed by atoms with van der Waals surface area (Å²) in [5.41, 5.74) is 1.19. The van der Waals surface area contributed by atoms with Gasteiger partial charge in [-0.2, -0.15) is 0 Å².